The molecule has 108 valence electrons. The molecule has 2 aromatic rings. The molecule has 1 heterocycles. The average Bonchev–Trinajstić information content (AvgIpc) is 2.86. The molecule has 0 aliphatic heterocycles. The average molecular weight is 282 g/mol. The van der Waals surface area contributed by atoms with Gasteiger partial charge in [0.05, 0.1) is 6.42 Å². The van der Waals surface area contributed by atoms with Crippen LogP contribution in [0.2, 0.25) is 0 Å². The number of carboxylic acids is 1. The lowest BCUT2D eigenvalue weighted by molar-refractivity contribution is -0.136. The van der Waals surface area contributed by atoms with E-state index < -0.39 is 5.97 Å². The van der Waals surface area contributed by atoms with E-state index in [4.69, 9.17) is 5.11 Å². The van der Waals surface area contributed by atoms with E-state index in [2.05, 4.69) is 34.2 Å². The lowest BCUT2D eigenvalue weighted by Gasteiger charge is -2.14. The maximum absolute atomic E-state index is 10.9. The topological polar surface area (TPSA) is 63.1 Å². The zero-order chi connectivity index (χ0) is 15.0. The number of benzene rings is 1. The molecule has 0 saturated carbocycles. The van der Waals surface area contributed by atoms with Gasteiger partial charge in [-0.1, -0.05) is 24.3 Å². The van der Waals surface area contributed by atoms with Gasteiger partial charge in [-0.15, -0.1) is 0 Å². The van der Waals surface area contributed by atoms with E-state index in [1.807, 2.05) is 13.8 Å². The SMILES string of the molecule is Cc1nc(C2CCc3ccccc32)nc(C)c1CC(=O)O. The van der Waals surface area contributed by atoms with E-state index in [1.54, 1.807) is 0 Å². The van der Waals surface area contributed by atoms with Crippen molar-refractivity contribution in [2.75, 3.05) is 0 Å². The highest BCUT2D eigenvalue weighted by Crippen LogP contribution is 2.36. The van der Waals surface area contributed by atoms with Crippen LogP contribution in [0.15, 0.2) is 24.3 Å². The van der Waals surface area contributed by atoms with Crippen LogP contribution >= 0.6 is 0 Å². The van der Waals surface area contributed by atoms with Gasteiger partial charge in [0, 0.05) is 22.9 Å². The molecule has 3 rings (SSSR count). The second-order valence-electron chi connectivity index (χ2n) is 5.59. The van der Waals surface area contributed by atoms with Gasteiger partial charge < -0.3 is 5.11 Å². The molecule has 4 heteroatoms. The van der Waals surface area contributed by atoms with Crippen molar-refractivity contribution in [1.82, 2.24) is 9.97 Å². The van der Waals surface area contributed by atoms with Gasteiger partial charge in [0.2, 0.25) is 0 Å². The van der Waals surface area contributed by atoms with Crippen molar-refractivity contribution < 1.29 is 9.90 Å². The Morgan fingerprint density at radius 2 is 1.90 bits per heavy atom. The van der Waals surface area contributed by atoms with Crippen molar-refractivity contribution in [2.45, 2.75) is 39.0 Å². The smallest absolute Gasteiger partial charge is 0.307 e. The number of aromatic nitrogens is 2. The zero-order valence-electron chi connectivity index (χ0n) is 12.3. The van der Waals surface area contributed by atoms with Crippen molar-refractivity contribution in [1.29, 1.82) is 0 Å². The quantitative estimate of drug-likeness (QED) is 0.940. The summed E-state index contributed by atoms with van der Waals surface area (Å²) in [5.74, 6) is 0.213. The number of carbonyl (C=O) groups is 1. The van der Waals surface area contributed by atoms with E-state index in [0.29, 0.717) is 0 Å². The fourth-order valence-electron chi connectivity index (χ4n) is 3.15. The largest absolute Gasteiger partial charge is 0.481 e. The fraction of sp³-hybridized carbons (Fsp3) is 0.353. The third-order valence-corrected chi connectivity index (χ3v) is 4.21. The molecule has 1 aromatic heterocycles. The van der Waals surface area contributed by atoms with Crippen molar-refractivity contribution in [3.63, 3.8) is 0 Å². The van der Waals surface area contributed by atoms with E-state index in [9.17, 15) is 4.79 Å². The van der Waals surface area contributed by atoms with Crippen molar-refractivity contribution in [2.24, 2.45) is 0 Å². The van der Waals surface area contributed by atoms with E-state index in [1.165, 1.54) is 11.1 Å². The van der Waals surface area contributed by atoms with E-state index in [0.717, 1.165) is 35.6 Å². The van der Waals surface area contributed by atoms with Crippen LogP contribution in [0, 0.1) is 13.8 Å². The Morgan fingerprint density at radius 1 is 1.24 bits per heavy atom. The summed E-state index contributed by atoms with van der Waals surface area (Å²) in [6, 6.07) is 8.42. The first-order valence-corrected chi connectivity index (χ1v) is 7.20. The Balaban J connectivity index is 2.00. The molecule has 1 aromatic carbocycles. The summed E-state index contributed by atoms with van der Waals surface area (Å²) in [5.41, 5.74) is 4.98. The molecular formula is C17H18N2O2. The molecule has 1 atom stereocenters. The molecule has 1 aliphatic carbocycles. The van der Waals surface area contributed by atoms with Crippen LogP contribution in [0.1, 0.15) is 46.2 Å². The molecule has 0 fully saturated rings. The van der Waals surface area contributed by atoms with Crippen molar-refractivity contribution in [3.05, 3.63) is 58.2 Å². The van der Waals surface area contributed by atoms with Crippen molar-refractivity contribution >= 4 is 5.97 Å². The highest BCUT2D eigenvalue weighted by molar-refractivity contribution is 5.70. The molecule has 1 aliphatic rings. The fourth-order valence-corrected chi connectivity index (χ4v) is 3.15. The predicted molar refractivity (Wildman–Crippen MR) is 79.5 cm³/mol. The Labute approximate surface area is 123 Å². The summed E-state index contributed by atoms with van der Waals surface area (Å²) in [5, 5.41) is 8.97. The first-order valence-electron chi connectivity index (χ1n) is 7.20. The molecule has 1 unspecified atom stereocenters. The third-order valence-electron chi connectivity index (χ3n) is 4.21. The summed E-state index contributed by atoms with van der Waals surface area (Å²) in [7, 11) is 0. The minimum absolute atomic E-state index is 0.0147. The van der Waals surface area contributed by atoms with Crippen LogP contribution in [-0.4, -0.2) is 21.0 Å². The zero-order valence-corrected chi connectivity index (χ0v) is 12.3. The first-order chi connectivity index (χ1) is 10.1. The summed E-state index contributed by atoms with van der Waals surface area (Å²) in [6.07, 6.45) is 2.06. The molecular weight excluding hydrogens is 264 g/mol. The highest BCUT2D eigenvalue weighted by atomic mass is 16.4. The number of nitrogens with zero attached hydrogens (tertiary/aromatic N) is 2. The summed E-state index contributed by atoms with van der Waals surface area (Å²) in [4.78, 5) is 20.1. The Morgan fingerprint density at radius 3 is 2.57 bits per heavy atom. The number of carboxylic acid groups (broad SMARTS) is 1. The number of aryl methyl sites for hydroxylation is 3. The van der Waals surface area contributed by atoms with Crippen LogP contribution in [0.25, 0.3) is 0 Å². The van der Waals surface area contributed by atoms with Gasteiger partial charge in [-0.25, -0.2) is 9.97 Å². The normalized spacial score (nSPS) is 16.8. The van der Waals surface area contributed by atoms with Gasteiger partial charge in [0.25, 0.3) is 0 Å². The molecule has 4 nitrogen and oxygen atoms in total. The van der Waals surface area contributed by atoms with E-state index >= 15 is 0 Å². The maximum Gasteiger partial charge on any atom is 0.307 e. The van der Waals surface area contributed by atoms with Crippen LogP contribution in [0.4, 0.5) is 0 Å². The van der Waals surface area contributed by atoms with Gasteiger partial charge in [-0.2, -0.15) is 0 Å². The van der Waals surface area contributed by atoms with Gasteiger partial charge in [-0.05, 0) is 37.8 Å². The molecule has 21 heavy (non-hydrogen) atoms. The number of fused-ring (bicyclic) bond motifs is 1. The second kappa shape index (κ2) is 5.28. The summed E-state index contributed by atoms with van der Waals surface area (Å²) >= 11 is 0. The van der Waals surface area contributed by atoms with Crippen LogP contribution in [-0.2, 0) is 17.6 Å². The van der Waals surface area contributed by atoms with E-state index in [-0.39, 0.29) is 12.3 Å². The molecule has 0 saturated heterocycles. The minimum Gasteiger partial charge on any atom is -0.481 e. The Hall–Kier alpha value is -2.23. The monoisotopic (exact) mass is 282 g/mol. The molecule has 0 bridgehead atoms. The van der Waals surface area contributed by atoms with Crippen LogP contribution < -0.4 is 0 Å². The summed E-state index contributed by atoms with van der Waals surface area (Å²) in [6.45, 7) is 3.74. The van der Waals surface area contributed by atoms with Gasteiger partial charge >= 0.3 is 5.97 Å². The summed E-state index contributed by atoms with van der Waals surface area (Å²) < 4.78 is 0. The molecule has 0 amide bonds. The second-order valence-corrected chi connectivity index (χ2v) is 5.59. The Bertz CT molecular complexity index is 687. The van der Waals surface area contributed by atoms with Gasteiger partial charge in [0.15, 0.2) is 0 Å². The maximum atomic E-state index is 10.9. The molecule has 0 radical (unpaired) electrons. The molecule has 1 N–H and O–H groups in total. The van der Waals surface area contributed by atoms with Gasteiger partial charge in [-0.3, -0.25) is 4.79 Å². The number of hydrogen-bond donors (Lipinski definition) is 1. The first kappa shape index (κ1) is 13.7. The Kier molecular flexibility index (Phi) is 3.45. The van der Waals surface area contributed by atoms with Crippen LogP contribution in [0.3, 0.4) is 0 Å². The standard InChI is InChI=1S/C17H18N2O2/c1-10-15(9-16(20)21)11(2)19-17(18-10)14-8-7-12-5-3-4-6-13(12)14/h3-6,14H,7-9H2,1-2H3,(H,20,21). The van der Waals surface area contributed by atoms with Crippen LogP contribution in [0.5, 0.6) is 0 Å². The predicted octanol–water partition coefficient (Wildman–Crippen LogP) is 2.80. The number of aliphatic carboxylic acids is 1. The molecule has 0 spiro atoms. The number of hydrogen-bond acceptors (Lipinski definition) is 3. The highest BCUT2D eigenvalue weighted by Gasteiger charge is 2.26. The third kappa shape index (κ3) is 2.53. The number of rotatable bonds is 3. The lowest BCUT2D eigenvalue weighted by atomic mass is 9.99. The van der Waals surface area contributed by atoms with Crippen molar-refractivity contribution in [3.8, 4) is 0 Å². The minimum atomic E-state index is -0.844. The lowest BCUT2D eigenvalue weighted by Crippen LogP contribution is -2.12. The van der Waals surface area contributed by atoms with Gasteiger partial charge in [0.1, 0.15) is 5.82 Å².